The van der Waals surface area contributed by atoms with Crippen LogP contribution < -0.4 is 15.8 Å². The molecule has 1 aliphatic carbocycles. The lowest BCUT2D eigenvalue weighted by molar-refractivity contribution is -0.385. The van der Waals surface area contributed by atoms with Crippen molar-refractivity contribution >= 4 is 11.4 Å². The molecule has 0 aliphatic heterocycles. The first kappa shape index (κ1) is 12.6. The van der Waals surface area contributed by atoms with Gasteiger partial charge in [-0.15, -0.1) is 0 Å². The van der Waals surface area contributed by atoms with E-state index >= 15 is 0 Å². The number of ether oxygens (including phenoxy) is 1. The lowest BCUT2D eigenvalue weighted by Gasteiger charge is -2.33. The van der Waals surface area contributed by atoms with Gasteiger partial charge in [0, 0.05) is 18.2 Å². The zero-order valence-corrected chi connectivity index (χ0v) is 9.85. The fraction of sp³-hybridized carbons (Fsp3) is 0.455. The third-order valence-corrected chi connectivity index (χ3v) is 3.00. The van der Waals surface area contributed by atoms with Crippen LogP contribution in [0.3, 0.4) is 0 Å². The van der Waals surface area contributed by atoms with E-state index in [1.807, 2.05) is 0 Å². The summed E-state index contributed by atoms with van der Waals surface area (Å²) in [4.78, 5) is 10.0. The fourth-order valence-electron chi connectivity index (χ4n) is 1.96. The molecule has 6 nitrogen and oxygen atoms in total. The zero-order chi connectivity index (χ0) is 13.3. The number of nitro groups is 1. The molecule has 0 amide bonds. The summed E-state index contributed by atoms with van der Waals surface area (Å²) in [6.45, 7) is 0. The van der Waals surface area contributed by atoms with Crippen molar-refractivity contribution in [3.8, 4) is 5.75 Å². The molecule has 98 valence electrons. The van der Waals surface area contributed by atoms with E-state index in [0.29, 0.717) is 0 Å². The Hall–Kier alpha value is -1.89. The number of methoxy groups -OCH3 is 1. The highest BCUT2D eigenvalue weighted by Crippen LogP contribution is 2.34. The lowest BCUT2D eigenvalue weighted by Crippen LogP contribution is -2.44. The fourth-order valence-corrected chi connectivity index (χ4v) is 1.96. The Labute approximate surface area is 103 Å². The summed E-state index contributed by atoms with van der Waals surface area (Å²) >= 11 is 0. The van der Waals surface area contributed by atoms with Crippen LogP contribution in [0, 0.1) is 15.9 Å². The lowest BCUT2D eigenvalue weighted by atomic mass is 9.87. The molecule has 0 atom stereocenters. The molecule has 1 aromatic carbocycles. The molecule has 0 unspecified atom stereocenters. The summed E-state index contributed by atoms with van der Waals surface area (Å²) in [5, 5.41) is 13.7. The van der Waals surface area contributed by atoms with Gasteiger partial charge in [-0.2, -0.15) is 0 Å². The van der Waals surface area contributed by atoms with Crippen LogP contribution in [0.4, 0.5) is 15.8 Å². The maximum absolute atomic E-state index is 13.7. The number of hydrogen-bond donors (Lipinski definition) is 2. The monoisotopic (exact) mass is 255 g/mol. The van der Waals surface area contributed by atoms with Crippen molar-refractivity contribution in [2.24, 2.45) is 5.73 Å². The summed E-state index contributed by atoms with van der Waals surface area (Å²) in [6, 6.07) is 2.42. The molecule has 0 aromatic heterocycles. The molecule has 18 heavy (non-hydrogen) atoms. The van der Waals surface area contributed by atoms with Crippen LogP contribution >= 0.6 is 0 Å². The van der Waals surface area contributed by atoms with Gasteiger partial charge < -0.3 is 15.8 Å². The summed E-state index contributed by atoms with van der Waals surface area (Å²) in [6.07, 6.45) is 1.53. The average molecular weight is 255 g/mol. The van der Waals surface area contributed by atoms with E-state index in [4.69, 9.17) is 10.5 Å². The van der Waals surface area contributed by atoms with E-state index in [9.17, 15) is 14.5 Å². The first-order valence-corrected chi connectivity index (χ1v) is 5.55. The summed E-state index contributed by atoms with van der Waals surface area (Å²) in [5.41, 5.74) is 5.45. The highest BCUT2D eigenvalue weighted by molar-refractivity contribution is 5.59. The normalized spacial score (nSPS) is 22.2. The summed E-state index contributed by atoms with van der Waals surface area (Å²) in [5.74, 6) is -0.629. The molecule has 0 bridgehead atoms. The van der Waals surface area contributed by atoms with Gasteiger partial charge in [-0.05, 0) is 12.8 Å². The number of nitro benzene ring substituents is 1. The quantitative estimate of drug-likeness (QED) is 0.630. The average Bonchev–Trinajstić information content (AvgIpc) is 2.28. The van der Waals surface area contributed by atoms with Crippen LogP contribution in [0.15, 0.2) is 12.1 Å². The minimum absolute atomic E-state index is 0.0347. The second-order valence-corrected chi connectivity index (χ2v) is 4.33. The van der Waals surface area contributed by atoms with Crippen LogP contribution in [-0.2, 0) is 0 Å². The third-order valence-electron chi connectivity index (χ3n) is 3.00. The Morgan fingerprint density at radius 2 is 2.22 bits per heavy atom. The zero-order valence-electron chi connectivity index (χ0n) is 9.85. The highest BCUT2D eigenvalue weighted by Gasteiger charge is 2.27. The number of halogens is 1. The maximum Gasteiger partial charge on any atom is 0.313 e. The Morgan fingerprint density at radius 1 is 1.56 bits per heavy atom. The van der Waals surface area contributed by atoms with E-state index in [0.717, 1.165) is 18.9 Å². The van der Waals surface area contributed by atoms with Gasteiger partial charge in [0.2, 0.25) is 0 Å². The standard InChI is InChI=1S/C11H14FN3O3/c1-18-11-5-9(14-7-2-6(13)3-7)8(12)4-10(11)15(16)17/h4-7,14H,2-3,13H2,1H3. The van der Waals surface area contributed by atoms with Gasteiger partial charge in [-0.3, -0.25) is 10.1 Å². The Bertz CT molecular complexity index is 475. The van der Waals surface area contributed by atoms with Crippen LogP contribution in [0.1, 0.15) is 12.8 Å². The number of nitrogens with two attached hydrogens (primary N) is 1. The Balaban J connectivity index is 2.23. The SMILES string of the molecule is COc1cc(NC2CC(N)C2)c(F)cc1[N+](=O)[O-]. The summed E-state index contributed by atoms with van der Waals surface area (Å²) < 4.78 is 18.6. The van der Waals surface area contributed by atoms with Crippen molar-refractivity contribution in [1.29, 1.82) is 0 Å². The van der Waals surface area contributed by atoms with E-state index in [1.165, 1.54) is 13.2 Å². The van der Waals surface area contributed by atoms with Gasteiger partial charge in [-0.1, -0.05) is 0 Å². The molecular formula is C11H14FN3O3. The minimum atomic E-state index is -0.676. The number of nitrogens with zero attached hydrogens (tertiary/aromatic N) is 1. The Morgan fingerprint density at radius 3 is 2.72 bits per heavy atom. The van der Waals surface area contributed by atoms with E-state index < -0.39 is 10.7 Å². The first-order valence-electron chi connectivity index (χ1n) is 5.55. The highest BCUT2D eigenvalue weighted by atomic mass is 19.1. The van der Waals surface area contributed by atoms with Crippen LogP contribution in [0.2, 0.25) is 0 Å². The van der Waals surface area contributed by atoms with E-state index in [2.05, 4.69) is 5.32 Å². The van der Waals surface area contributed by atoms with Gasteiger partial charge in [0.1, 0.15) is 0 Å². The van der Waals surface area contributed by atoms with Crippen molar-refractivity contribution in [2.45, 2.75) is 24.9 Å². The molecule has 1 saturated carbocycles. The molecule has 1 aliphatic rings. The molecule has 0 spiro atoms. The molecule has 0 saturated heterocycles. The van der Waals surface area contributed by atoms with E-state index in [-0.39, 0.29) is 29.2 Å². The molecule has 1 fully saturated rings. The maximum atomic E-state index is 13.7. The molecule has 7 heteroatoms. The number of benzene rings is 1. The van der Waals surface area contributed by atoms with Crippen molar-refractivity contribution in [2.75, 3.05) is 12.4 Å². The molecule has 0 radical (unpaired) electrons. The predicted octanol–water partition coefficient (Wildman–Crippen LogP) is 1.64. The van der Waals surface area contributed by atoms with Gasteiger partial charge in [0.05, 0.1) is 23.8 Å². The second kappa shape index (κ2) is 4.77. The topological polar surface area (TPSA) is 90.4 Å². The molecule has 2 rings (SSSR count). The van der Waals surface area contributed by atoms with Crippen LogP contribution in [-0.4, -0.2) is 24.1 Å². The Kier molecular flexibility index (Phi) is 3.33. The van der Waals surface area contributed by atoms with Gasteiger partial charge in [0.15, 0.2) is 11.6 Å². The number of nitrogens with one attached hydrogen (secondary N) is 1. The van der Waals surface area contributed by atoms with E-state index in [1.54, 1.807) is 0 Å². The summed E-state index contributed by atoms with van der Waals surface area (Å²) in [7, 11) is 1.31. The molecule has 1 aromatic rings. The first-order chi connectivity index (χ1) is 8.51. The van der Waals surface area contributed by atoms with Gasteiger partial charge >= 0.3 is 5.69 Å². The minimum Gasteiger partial charge on any atom is -0.490 e. The second-order valence-electron chi connectivity index (χ2n) is 4.33. The van der Waals surface area contributed by atoms with Gasteiger partial charge in [0.25, 0.3) is 0 Å². The smallest absolute Gasteiger partial charge is 0.313 e. The number of rotatable bonds is 4. The van der Waals surface area contributed by atoms with Crippen molar-refractivity contribution in [3.05, 3.63) is 28.1 Å². The van der Waals surface area contributed by atoms with Gasteiger partial charge in [-0.25, -0.2) is 4.39 Å². The predicted molar refractivity (Wildman–Crippen MR) is 64.2 cm³/mol. The molecule has 0 heterocycles. The third kappa shape index (κ3) is 2.35. The van der Waals surface area contributed by atoms with Crippen molar-refractivity contribution < 1.29 is 14.1 Å². The van der Waals surface area contributed by atoms with Crippen LogP contribution in [0.5, 0.6) is 5.75 Å². The van der Waals surface area contributed by atoms with Crippen LogP contribution in [0.25, 0.3) is 0 Å². The largest absolute Gasteiger partial charge is 0.490 e. The van der Waals surface area contributed by atoms with Crippen molar-refractivity contribution in [3.63, 3.8) is 0 Å². The number of anilines is 1. The number of hydrogen-bond acceptors (Lipinski definition) is 5. The van der Waals surface area contributed by atoms with Crippen molar-refractivity contribution in [1.82, 2.24) is 0 Å². The molecular weight excluding hydrogens is 241 g/mol. The molecule has 3 N–H and O–H groups in total.